The minimum absolute atomic E-state index is 0.130. The first-order valence-electron chi connectivity index (χ1n) is 8.37. The molecule has 6 heteroatoms. The van der Waals surface area contributed by atoms with Crippen LogP contribution in [0.15, 0.2) is 48.7 Å². The largest absolute Gasteiger partial charge is 0.491 e. The van der Waals surface area contributed by atoms with E-state index in [2.05, 4.69) is 14.3 Å². The highest BCUT2D eigenvalue weighted by atomic mass is 19.3. The summed E-state index contributed by atoms with van der Waals surface area (Å²) in [7, 11) is 0. The molecule has 2 heterocycles. The lowest BCUT2D eigenvalue weighted by atomic mass is 10.0. The van der Waals surface area contributed by atoms with Crippen molar-refractivity contribution in [1.82, 2.24) is 9.55 Å². The summed E-state index contributed by atoms with van der Waals surface area (Å²) < 4.78 is 38.5. The second kappa shape index (κ2) is 6.12. The van der Waals surface area contributed by atoms with Gasteiger partial charge in [-0.25, -0.2) is 4.98 Å². The van der Waals surface area contributed by atoms with E-state index in [1.807, 2.05) is 31.3 Å². The maximum Gasteiger partial charge on any atom is 0.394 e. The number of hydrogen-bond donors (Lipinski definition) is 0. The van der Waals surface area contributed by atoms with Gasteiger partial charge in [0.25, 0.3) is 0 Å². The Morgan fingerprint density at radius 3 is 2.58 bits per heavy atom. The number of hydrogen-bond acceptors (Lipinski definition) is 3. The summed E-state index contributed by atoms with van der Waals surface area (Å²) in [6.45, 7) is 4.08. The average Bonchev–Trinajstić information content (AvgIpc) is 2.85. The Bertz CT molecular complexity index is 943. The number of nitrogens with zero attached hydrogens (tertiary/aromatic N) is 2. The molecule has 0 saturated heterocycles. The van der Waals surface area contributed by atoms with Gasteiger partial charge in [0, 0.05) is 18.8 Å². The number of aryl methyl sites for hydroxylation is 1. The number of alkyl halides is 2. The number of halogens is 2. The van der Waals surface area contributed by atoms with Crippen LogP contribution in [0.25, 0.3) is 22.5 Å². The first kappa shape index (κ1) is 16.6. The van der Waals surface area contributed by atoms with Crippen LogP contribution in [-0.2, 0) is 6.54 Å². The molecule has 134 valence electrons. The predicted molar refractivity (Wildman–Crippen MR) is 94.6 cm³/mol. The number of aromatic nitrogens is 2. The number of fused-ring (bicyclic) bond motifs is 3. The van der Waals surface area contributed by atoms with Crippen LogP contribution in [-0.4, -0.2) is 22.3 Å². The molecule has 0 N–H and O–H groups in total. The minimum atomic E-state index is -3.20. The number of ether oxygens (including phenoxy) is 2. The summed E-state index contributed by atoms with van der Waals surface area (Å²) in [4.78, 5) is 4.53. The maximum absolute atomic E-state index is 13.0. The van der Waals surface area contributed by atoms with Crippen molar-refractivity contribution in [3.63, 3.8) is 0 Å². The fraction of sp³-hybridized carbons (Fsp3) is 0.250. The Balaban J connectivity index is 1.71. The third-order valence-corrected chi connectivity index (χ3v) is 4.33. The van der Waals surface area contributed by atoms with Gasteiger partial charge in [0.2, 0.25) is 0 Å². The van der Waals surface area contributed by atoms with Crippen molar-refractivity contribution in [2.24, 2.45) is 0 Å². The summed E-state index contributed by atoms with van der Waals surface area (Å²) in [6, 6.07) is 12.5. The fourth-order valence-electron chi connectivity index (χ4n) is 3.14. The van der Waals surface area contributed by atoms with Gasteiger partial charge >= 0.3 is 6.11 Å². The summed E-state index contributed by atoms with van der Waals surface area (Å²) in [5, 5.41) is 0. The molecule has 0 fully saturated rings. The SMILES string of the molecule is Cc1cnc2n1CCOc1ccc(-c3ccc(OC(C)(F)F)cc3)cc1-2. The normalized spacial score (nSPS) is 13.4. The van der Waals surface area contributed by atoms with E-state index < -0.39 is 6.11 Å². The van der Waals surface area contributed by atoms with Crippen LogP contribution in [0.2, 0.25) is 0 Å². The molecule has 0 unspecified atom stereocenters. The van der Waals surface area contributed by atoms with E-state index in [9.17, 15) is 8.78 Å². The molecule has 1 aliphatic rings. The van der Waals surface area contributed by atoms with Crippen LogP contribution in [0.5, 0.6) is 11.5 Å². The Hall–Kier alpha value is -2.89. The van der Waals surface area contributed by atoms with Crippen LogP contribution < -0.4 is 9.47 Å². The van der Waals surface area contributed by atoms with Crippen molar-refractivity contribution in [1.29, 1.82) is 0 Å². The van der Waals surface area contributed by atoms with Gasteiger partial charge in [-0.2, -0.15) is 8.78 Å². The quantitative estimate of drug-likeness (QED) is 0.669. The van der Waals surface area contributed by atoms with Gasteiger partial charge in [-0.1, -0.05) is 18.2 Å². The van der Waals surface area contributed by atoms with Crippen LogP contribution >= 0.6 is 0 Å². The zero-order chi connectivity index (χ0) is 18.3. The molecular weight excluding hydrogens is 338 g/mol. The molecule has 2 aromatic carbocycles. The van der Waals surface area contributed by atoms with E-state index in [4.69, 9.17) is 4.74 Å². The highest BCUT2D eigenvalue weighted by Crippen LogP contribution is 2.36. The second-order valence-electron chi connectivity index (χ2n) is 6.37. The van der Waals surface area contributed by atoms with E-state index in [0.717, 1.165) is 47.4 Å². The molecular formula is C20H18F2N2O2. The molecule has 0 saturated carbocycles. The zero-order valence-electron chi connectivity index (χ0n) is 14.5. The van der Waals surface area contributed by atoms with Crippen LogP contribution in [0.4, 0.5) is 8.78 Å². The van der Waals surface area contributed by atoms with Gasteiger partial charge < -0.3 is 14.0 Å². The smallest absolute Gasteiger partial charge is 0.394 e. The summed E-state index contributed by atoms with van der Waals surface area (Å²) in [6.07, 6.45) is -1.34. The highest BCUT2D eigenvalue weighted by molar-refractivity contribution is 5.75. The van der Waals surface area contributed by atoms with Crippen LogP contribution in [0, 0.1) is 6.92 Å². The molecule has 1 aliphatic heterocycles. The van der Waals surface area contributed by atoms with Crippen LogP contribution in [0.3, 0.4) is 0 Å². The van der Waals surface area contributed by atoms with E-state index >= 15 is 0 Å². The standard InChI is InChI=1S/C20H18F2N2O2/c1-13-12-23-19-17-11-15(5-8-18(17)25-10-9-24(13)19)14-3-6-16(7-4-14)26-20(2,21)22/h3-8,11-12H,9-10H2,1-2H3. The Kier molecular flexibility index (Phi) is 3.90. The molecule has 0 atom stereocenters. The summed E-state index contributed by atoms with van der Waals surface area (Å²) in [5.41, 5.74) is 3.87. The van der Waals surface area contributed by atoms with E-state index in [1.54, 1.807) is 24.3 Å². The van der Waals surface area contributed by atoms with Crippen molar-refractivity contribution in [2.45, 2.75) is 26.5 Å². The lowest BCUT2D eigenvalue weighted by Crippen LogP contribution is -2.18. The Morgan fingerprint density at radius 1 is 1.12 bits per heavy atom. The van der Waals surface area contributed by atoms with E-state index in [1.165, 1.54) is 0 Å². The number of imidazole rings is 1. The molecule has 0 bridgehead atoms. The molecule has 26 heavy (non-hydrogen) atoms. The summed E-state index contributed by atoms with van der Waals surface area (Å²) in [5.74, 6) is 1.80. The average molecular weight is 356 g/mol. The lowest BCUT2D eigenvalue weighted by Gasteiger charge is -2.13. The molecule has 1 aromatic heterocycles. The summed E-state index contributed by atoms with van der Waals surface area (Å²) >= 11 is 0. The Labute approximate surface area is 150 Å². The topological polar surface area (TPSA) is 36.3 Å². The molecule has 0 aliphatic carbocycles. The van der Waals surface area contributed by atoms with Gasteiger partial charge in [-0.05, 0) is 42.3 Å². The third kappa shape index (κ3) is 3.14. The lowest BCUT2D eigenvalue weighted by molar-refractivity contribution is -0.158. The molecule has 4 rings (SSSR count). The van der Waals surface area contributed by atoms with E-state index in [-0.39, 0.29) is 5.75 Å². The molecule has 4 nitrogen and oxygen atoms in total. The van der Waals surface area contributed by atoms with Gasteiger partial charge in [-0.3, -0.25) is 0 Å². The Morgan fingerprint density at radius 2 is 1.85 bits per heavy atom. The van der Waals surface area contributed by atoms with Crippen LogP contribution in [0.1, 0.15) is 12.6 Å². The first-order chi connectivity index (χ1) is 12.4. The second-order valence-corrected chi connectivity index (χ2v) is 6.37. The van der Waals surface area contributed by atoms with Gasteiger partial charge in [0.05, 0.1) is 12.1 Å². The van der Waals surface area contributed by atoms with E-state index in [0.29, 0.717) is 6.61 Å². The maximum atomic E-state index is 13.0. The van der Waals surface area contributed by atoms with Crippen molar-refractivity contribution in [3.05, 3.63) is 54.4 Å². The van der Waals surface area contributed by atoms with Crippen molar-refractivity contribution in [2.75, 3.05) is 6.61 Å². The van der Waals surface area contributed by atoms with Gasteiger partial charge in [0.1, 0.15) is 23.9 Å². The monoisotopic (exact) mass is 356 g/mol. The third-order valence-electron chi connectivity index (χ3n) is 4.33. The minimum Gasteiger partial charge on any atom is -0.491 e. The molecule has 3 aromatic rings. The van der Waals surface area contributed by atoms with Crippen molar-refractivity contribution < 1.29 is 18.3 Å². The first-order valence-corrected chi connectivity index (χ1v) is 8.37. The number of rotatable bonds is 3. The predicted octanol–water partition coefficient (Wildman–Crippen LogP) is 4.91. The molecule has 0 spiro atoms. The van der Waals surface area contributed by atoms with Crippen molar-refractivity contribution >= 4 is 0 Å². The fourth-order valence-corrected chi connectivity index (χ4v) is 3.14. The zero-order valence-corrected chi connectivity index (χ0v) is 14.5. The highest BCUT2D eigenvalue weighted by Gasteiger charge is 2.23. The molecule has 0 radical (unpaired) electrons. The van der Waals surface area contributed by atoms with Gasteiger partial charge in [-0.15, -0.1) is 0 Å². The molecule has 0 amide bonds. The van der Waals surface area contributed by atoms with Gasteiger partial charge in [0.15, 0.2) is 0 Å². The number of benzene rings is 2. The van der Waals surface area contributed by atoms with Crippen molar-refractivity contribution in [3.8, 4) is 34.0 Å².